The number of rotatable bonds is 5. The van der Waals surface area contributed by atoms with Gasteiger partial charge in [0.15, 0.2) is 0 Å². The molecule has 1 aromatic heterocycles. The number of carbonyl (C=O) groups is 2. The number of aromatic nitrogens is 1. The molecule has 3 aromatic rings. The van der Waals surface area contributed by atoms with Crippen molar-refractivity contribution in [3.63, 3.8) is 0 Å². The van der Waals surface area contributed by atoms with Crippen LogP contribution in [0.5, 0.6) is 0 Å². The molecule has 1 aliphatic rings. The number of anilines is 3. The van der Waals surface area contributed by atoms with Gasteiger partial charge in [-0.1, -0.05) is 11.2 Å². The fourth-order valence-corrected chi connectivity index (χ4v) is 4.33. The summed E-state index contributed by atoms with van der Waals surface area (Å²) in [4.78, 5) is 23.2. The lowest BCUT2D eigenvalue weighted by Gasteiger charge is -2.18. The lowest BCUT2D eigenvalue weighted by Crippen LogP contribution is -2.21. The summed E-state index contributed by atoms with van der Waals surface area (Å²) in [5.74, 6) is -1.36. The van der Waals surface area contributed by atoms with Gasteiger partial charge in [-0.15, -0.1) is 0 Å². The Labute approximate surface area is 176 Å². The van der Waals surface area contributed by atoms with Crippen molar-refractivity contribution in [3.05, 3.63) is 65.3 Å². The van der Waals surface area contributed by atoms with E-state index in [1.165, 1.54) is 30.5 Å². The molecule has 11 heteroatoms. The standard InChI is InChI=1S/C20H17FN4O5S/c1-11-15(10-22-30-11)20(27)23-13-3-2-4-14(8-13)25-31(28,29)18-7-12-5-6-19(26)24-17(12)9-16(18)21/h2-4,7-10,25H,5-6H2,1H3,(H,23,27)(H,24,26). The third kappa shape index (κ3) is 4.26. The smallest absolute Gasteiger partial charge is 0.264 e. The maximum absolute atomic E-state index is 14.5. The minimum Gasteiger partial charge on any atom is -0.361 e. The second kappa shape index (κ2) is 7.84. The first-order chi connectivity index (χ1) is 14.7. The lowest BCUT2D eigenvalue weighted by molar-refractivity contribution is -0.116. The Morgan fingerprint density at radius 2 is 1.97 bits per heavy atom. The summed E-state index contributed by atoms with van der Waals surface area (Å²) in [6.45, 7) is 1.59. The molecule has 0 spiro atoms. The fraction of sp³-hybridized carbons (Fsp3) is 0.150. The van der Waals surface area contributed by atoms with E-state index < -0.39 is 26.6 Å². The van der Waals surface area contributed by atoms with E-state index >= 15 is 0 Å². The van der Waals surface area contributed by atoms with Crippen molar-refractivity contribution in [3.8, 4) is 0 Å². The van der Waals surface area contributed by atoms with Crippen molar-refractivity contribution in [2.45, 2.75) is 24.7 Å². The molecule has 0 bridgehead atoms. The predicted molar refractivity (Wildman–Crippen MR) is 110 cm³/mol. The third-order valence-corrected chi connectivity index (χ3v) is 6.11. The molecule has 3 N–H and O–H groups in total. The normalized spacial score (nSPS) is 13.3. The molecule has 0 aliphatic carbocycles. The zero-order valence-corrected chi connectivity index (χ0v) is 17.0. The van der Waals surface area contributed by atoms with Crippen LogP contribution in [-0.2, 0) is 21.2 Å². The molecule has 160 valence electrons. The van der Waals surface area contributed by atoms with Gasteiger partial charge >= 0.3 is 0 Å². The monoisotopic (exact) mass is 444 g/mol. The molecule has 0 atom stereocenters. The van der Waals surface area contributed by atoms with Crippen LogP contribution in [0.4, 0.5) is 21.5 Å². The van der Waals surface area contributed by atoms with Crippen LogP contribution in [0.15, 0.2) is 52.0 Å². The molecule has 1 aliphatic heterocycles. The van der Waals surface area contributed by atoms with Crippen molar-refractivity contribution < 1.29 is 26.9 Å². The van der Waals surface area contributed by atoms with E-state index in [1.807, 2.05) is 0 Å². The molecule has 0 radical (unpaired) electrons. The average molecular weight is 444 g/mol. The highest BCUT2D eigenvalue weighted by Crippen LogP contribution is 2.29. The number of halogens is 1. The van der Waals surface area contributed by atoms with Gasteiger partial charge in [0.1, 0.15) is 22.0 Å². The van der Waals surface area contributed by atoms with Crippen molar-refractivity contribution in [1.29, 1.82) is 0 Å². The molecule has 0 saturated carbocycles. The van der Waals surface area contributed by atoms with Crippen LogP contribution in [-0.4, -0.2) is 25.4 Å². The van der Waals surface area contributed by atoms with Crippen molar-refractivity contribution in [2.75, 3.05) is 15.4 Å². The van der Waals surface area contributed by atoms with Crippen molar-refractivity contribution >= 4 is 38.9 Å². The number of nitrogens with one attached hydrogen (secondary N) is 3. The molecule has 2 heterocycles. The highest BCUT2D eigenvalue weighted by atomic mass is 32.2. The Balaban J connectivity index is 1.56. The van der Waals surface area contributed by atoms with Gasteiger partial charge in [-0.2, -0.15) is 0 Å². The van der Waals surface area contributed by atoms with Gasteiger partial charge in [0.2, 0.25) is 5.91 Å². The Bertz CT molecular complexity index is 1300. The summed E-state index contributed by atoms with van der Waals surface area (Å²) >= 11 is 0. The number of amides is 2. The molecule has 0 unspecified atom stereocenters. The summed E-state index contributed by atoms with van der Waals surface area (Å²) in [5, 5.41) is 8.69. The first-order valence-corrected chi connectivity index (χ1v) is 10.7. The second-order valence-electron chi connectivity index (χ2n) is 6.92. The maximum atomic E-state index is 14.5. The summed E-state index contributed by atoms with van der Waals surface area (Å²) in [5.41, 5.74) is 1.49. The topological polar surface area (TPSA) is 130 Å². The van der Waals surface area contributed by atoms with Crippen molar-refractivity contribution in [1.82, 2.24) is 5.16 Å². The summed E-state index contributed by atoms with van der Waals surface area (Å²) < 4.78 is 47.3. The van der Waals surface area contributed by atoms with Gasteiger partial charge in [-0.3, -0.25) is 14.3 Å². The highest BCUT2D eigenvalue weighted by Gasteiger charge is 2.24. The van der Waals surface area contributed by atoms with Crippen LogP contribution in [0.1, 0.15) is 28.1 Å². The molecular formula is C20H17FN4O5S. The third-order valence-electron chi connectivity index (χ3n) is 4.71. The molecule has 31 heavy (non-hydrogen) atoms. The molecule has 0 saturated heterocycles. The first kappa shape index (κ1) is 20.5. The van der Waals surface area contributed by atoms with Crippen LogP contribution in [0.25, 0.3) is 0 Å². The number of hydrogen-bond donors (Lipinski definition) is 3. The Morgan fingerprint density at radius 3 is 2.71 bits per heavy atom. The van der Waals surface area contributed by atoms with E-state index in [0.717, 1.165) is 6.07 Å². The van der Waals surface area contributed by atoms with Gasteiger partial charge < -0.3 is 15.2 Å². The van der Waals surface area contributed by atoms with Crippen molar-refractivity contribution in [2.24, 2.45) is 0 Å². The van der Waals surface area contributed by atoms with Gasteiger partial charge in [-0.05, 0) is 49.2 Å². The fourth-order valence-electron chi connectivity index (χ4n) is 3.17. The molecule has 0 fully saturated rings. The Kier molecular flexibility index (Phi) is 5.19. The Hall–Kier alpha value is -3.73. The summed E-state index contributed by atoms with van der Waals surface area (Å²) in [6.07, 6.45) is 1.78. The van der Waals surface area contributed by atoms with Crippen LogP contribution >= 0.6 is 0 Å². The van der Waals surface area contributed by atoms with Crippen LogP contribution in [0.3, 0.4) is 0 Å². The Morgan fingerprint density at radius 1 is 1.19 bits per heavy atom. The second-order valence-corrected chi connectivity index (χ2v) is 8.57. The molecule has 2 amide bonds. The zero-order chi connectivity index (χ0) is 22.2. The highest BCUT2D eigenvalue weighted by molar-refractivity contribution is 7.92. The molecule has 2 aromatic carbocycles. The lowest BCUT2D eigenvalue weighted by atomic mass is 10.0. The van der Waals surface area contributed by atoms with E-state index in [2.05, 4.69) is 20.5 Å². The van der Waals surface area contributed by atoms with Gasteiger partial charge in [0.05, 0.1) is 11.9 Å². The number of nitrogens with zero attached hydrogens (tertiary/aromatic N) is 1. The molecule has 4 rings (SSSR count). The SMILES string of the molecule is Cc1oncc1C(=O)Nc1cccc(NS(=O)(=O)c2cc3c(cc2F)NC(=O)CC3)c1. The van der Waals surface area contributed by atoms with Crippen LogP contribution in [0.2, 0.25) is 0 Å². The maximum Gasteiger partial charge on any atom is 0.264 e. The van der Waals surface area contributed by atoms with E-state index in [4.69, 9.17) is 4.52 Å². The number of carbonyl (C=O) groups excluding carboxylic acids is 2. The van der Waals surface area contributed by atoms with Gasteiger partial charge in [-0.25, -0.2) is 12.8 Å². The van der Waals surface area contributed by atoms with Crippen LogP contribution < -0.4 is 15.4 Å². The number of hydrogen-bond acceptors (Lipinski definition) is 6. The van der Waals surface area contributed by atoms with Gasteiger partial charge in [0, 0.05) is 17.8 Å². The minimum atomic E-state index is -4.26. The largest absolute Gasteiger partial charge is 0.361 e. The minimum absolute atomic E-state index is 0.130. The predicted octanol–water partition coefficient (Wildman–Crippen LogP) is 3.06. The number of sulfonamides is 1. The molecular weight excluding hydrogens is 427 g/mol. The van der Waals surface area contributed by atoms with E-state index in [1.54, 1.807) is 13.0 Å². The first-order valence-electron chi connectivity index (χ1n) is 9.21. The molecule has 9 nitrogen and oxygen atoms in total. The summed E-state index contributed by atoms with van der Waals surface area (Å²) in [6, 6.07) is 8.18. The average Bonchev–Trinajstić information content (AvgIpc) is 3.13. The number of fused-ring (bicyclic) bond motifs is 1. The number of aryl methyl sites for hydroxylation is 2. The zero-order valence-electron chi connectivity index (χ0n) is 16.2. The van der Waals surface area contributed by atoms with E-state index in [9.17, 15) is 22.4 Å². The van der Waals surface area contributed by atoms with Gasteiger partial charge in [0.25, 0.3) is 15.9 Å². The van der Waals surface area contributed by atoms with E-state index in [-0.39, 0.29) is 29.3 Å². The number of benzene rings is 2. The van der Waals surface area contributed by atoms with Crippen LogP contribution in [0, 0.1) is 12.7 Å². The van der Waals surface area contributed by atoms with E-state index in [0.29, 0.717) is 23.4 Å². The quantitative estimate of drug-likeness (QED) is 0.554. The summed E-state index contributed by atoms with van der Waals surface area (Å²) in [7, 11) is -4.26.